The fourth-order valence-electron chi connectivity index (χ4n) is 1.85. The summed E-state index contributed by atoms with van der Waals surface area (Å²) in [6.45, 7) is 0.381. The van der Waals surface area contributed by atoms with E-state index >= 15 is 0 Å². The number of carbonyl (C=O) groups is 1. The molecule has 0 bridgehead atoms. The molecule has 74 valence electrons. The minimum Gasteiger partial charge on any atom is -0.394 e. The molecule has 2 rings (SSSR count). The molecule has 5 heteroatoms. The highest BCUT2D eigenvalue weighted by Crippen LogP contribution is 2.32. The van der Waals surface area contributed by atoms with Gasteiger partial charge in [0.15, 0.2) is 0 Å². The maximum atomic E-state index is 11.3. The fraction of sp³-hybridized carbons (Fsp3) is 0.875. The van der Waals surface area contributed by atoms with Crippen LogP contribution >= 0.6 is 0 Å². The Morgan fingerprint density at radius 2 is 2.31 bits per heavy atom. The number of aliphatic hydroxyl groups is 2. The van der Waals surface area contributed by atoms with Gasteiger partial charge in [0.25, 0.3) is 0 Å². The van der Waals surface area contributed by atoms with Gasteiger partial charge in [-0.2, -0.15) is 0 Å². The third-order valence-electron chi connectivity index (χ3n) is 2.76. The summed E-state index contributed by atoms with van der Waals surface area (Å²) in [6.07, 6.45) is 0.495. The number of hydrogen-bond acceptors (Lipinski definition) is 4. The average molecular weight is 187 g/mol. The Kier molecular flexibility index (Phi) is 2.02. The van der Waals surface area contributed by atoms with E-state index in [4.69, 9.17) is 9.84 Å². The van der Waals surface area contributed by atoms with E-state index < -0.39 is 11.5 Å². The van der Waals surface area contributed by atoms with Crippen molar-refractivity contribution in [1.82, 2.24) is 5.32 Å². The van der Waals surface area contributed by atoms with Crippen LogP contribution in [0.25, 0.3) is 0 Å². The van der Waals surface area contributed by atoms with Crippen molar-refractivity contribution < 1.29 is 19.7 Å². The largest absolute Gasteiger partial charge is 0.394 e. The van der Waals surface area contributed by atoms with Gasteiger partial charge in [0, 0.05) is 0 Å². The quantitative estimate of drug-likeness (QED) is 0.479. The van der Waals surface area contributed by atoms with E-state index in [1.165, 1.54) is 0 Å². The highest BCUT2D eigenvalue weighted by Gasteiger charge is 2.51. The molecule has 1 amide bonds. The van der Waals surface area contributed by atoms with E-state index in [0.717, 1.165) is 0 Å². The predicted octanol–water partition coefficient (Wildman–Crippen LogP) is -1.76. The molecule has 2 saturated heterocycles. The van der Waals surface area contributed by atoms with Crippen molar-refractivity contribution in [3.63, 3.8) is 0 Å². The van der Waals surface area contributed by atoms with Crippen molar-refractivity contribution in [2.75, 3.05) is 19.8 Å². The molecule has 0 aliphatic carbocycles. The molecule has 0 aromatic heterocycles. The van der Waals surface area contributed by atoms with E-state index in [1.807, 2.05) is 0 Å². The molecule has 5 nitrogen and oxygen atoms in total. The van der Waals surface area contributed by atoms with Gasteiger partial charge in [0.2, 0.25) is 5.91 Å². The topological polar surface area (TPSA) is 78.8 Å². The molecule has 2 heterocycles. The summed E-state index contributed by atoms with van der Waals surface area (Å²) in [4.78, 5) is 11.3. The van der Waals surface area contributed by atoms with Crippen LogP contribution in [0.5, 0.6) is 0 Å². The van der Waals surface area contributed by atoms with Crippen molar-refractivity contribution in [2.24, 2.45) is 5.92 Å². The fourth-order valence-corrected chi connectivity index (χ4v) is 1.85. The van der Waals surface area contributed by atoms with Gasteiger partial charge in [-0.15, -0.1) is 0 Å². The molecule has 0 aromatic carbocycles. The summed E-state index contributed by atoms with van der Waals surface area (Å²) in [5, 5.41) is 21.3. The summed E-state index contributed by atoms with van der Waals surface area (Å²) in [7, 11) is 0. The molecule has 2 atom stereocenters. The lowest BCUT2D eigenvalue weighted by atomic mass is 9.83. The number of nitrogens with one attached hydrogen (secondary N) is 1. The lowest BCUT2D eigenvalue weighted by molar-refractivity contribution is -0.205. The van der Waals surface area contributed by atoms with Crippen LogP contribution in [0.1, 0.15) is 6.42 Å². The van der Waals surface area contributed by atoms with Crippen LogP contribution in [0, 0.1) is 5.92 Å². The van der Waals surface area contributed by atoms with Crippen LogP contribution in [-0.4, -0.2) is 47.6 Å². The van der Waals surface area contributed by atoms with Crippen LogP contribution in [0.2, 0.25) is 0 Å². The highest BCUT2D eigenvalue weighted by molar-refractivity contribution is 5.82. The Hall–Kier alpha value is -0.650. The number of ether oxygens (including phenoxy) is 1. The zero-order valence-electron chi connectivity index (χ0n) is 7.19. The zero-order chi connectivity index (χ0) is 9.47. The second kappa shape index (κ2) is 2.94. The van der Waals surface area contributed by atoms with Gasteiger partial charge in [0.1, 0.15) is 5.60 Å². The maximum Gasteiger partial charge on any atom is 0.226 e. The summed E-state index contributed by atoms with van der Waals surface area (Å²) in [5.74, 6) is -0.594. The van der Waals surface area contributed by atoms with E-state index in [2.05, 4.69) is 5.32 Å². The van der Waals surface area contributed by atoms with Gasteiger partial charge in [-0.1, -0.05) is 0 Å². The minimum atomic E-state index is -0.992. The molecule has 0 radical (unpaired) electrons. The van der Waals surface area contributed by atoms with Crippen molar-refractivity contribution >= 4 is 5.91 Å². The smallest absolute Gasteiger partial charge is 0.226 e. The Bertz CT molecular complexity index is 226. The SMILES string of the molecule is O=C1N[C@H](CO)CC1C1(O)COC1. The van der Waals surface area contributed by atoms with Crippen molar-refractivity contribution in [3.8, 4) is 0 Å². The first-order chi connectivity index (χ1) is 6.15. The number of aliphatic hydroxyl groups excluding tert-OH is 1. The van der Waals surface area contributed by atoms with E-state index in [0.29, 0.717) is 6.42 Å². The number of carbonyl (C=O) groups excluding carboxylic acids is 1. The molecule has 0 aromatic rings. The van der Waals surface area contributed by atoms with Crippen LogP contribution in [0.4, 0.5) is 0 Å². The first kappa shape index (κ1) is 8.93. The highest BCUT2D eigenvalue weighted by atomic mass is 16.5. The molecule has 0 saturated carbocycles. The first-order valence-corrected chi connectivity index (χ1v) is 4.37. The third-order valence-corrected chi connectivity index (χ3v) is 2.76. The summed E-state index contributed by atoms with van der Waals surface area (Å²) in [6, 6.07) is -0.206. The van der Waals surface area contributed by atoms with Crippen LogP contribution in [0.3, 0.4) is 0 Å². The number of rotatable bonds is 2. The monoisotopic (exact) mass is 187 g/mol. The standard InChI is InChI=1S/C8H13NO4/c10-2-5-1-6(7(11)9-5)8(12)3-13-4-8/h5-6,10,12H,1-4H2,(H,9,11)/t5-,6?/m0/s1. The molecule has 1 unspecified atom stereocenters. The average Bonchev–Trinajstić information content (AvgIpc) is 2.43. The number of amides is 1. The van der Waals surface area contributed by atoms with Gasteiger partial charge < -0.3 is 20.3 Å². The molecule has 0 spiro atoms. The second-order valence-corrected chi connectivity index (χ2v) is 3.77. The second-order valence-electron chi connectivity index (χ2n) is 3.77. The zero-order valence-corrected chi connectivity index (χ0v) is 7.19. The Labute approximate surface area is 75.7 Å². The third kappa shape index (κ3) is 1.33. The van der Waals surface area contributed by atoms with Crippen molar-refractivity contribution in [2.45, 2.75) is 18.1 Å². The normalized spacial score (nSPS) is 36.9. The van der Waals surface area contributed by atoms with Gasteiger partial charge in [-0.3, -0.25) is 4.79 Å². The molecule has 2 aliphatic rings. The Morgan fingerprint density at radius 1 is 1.62 bits per heavy atom. The van der Waals surface area contributed by atoms with Crippen LogP contribution in [-0.2, 0) is 9.53 Å². The number of hydrogen-bond donors (Lipinski definition) is 3. The van der Waals surface area contributed by atoms with Crippen molar-refractivity contribution in [1.29, 1.82) is 0 Å². The van der Waals surface area contributed by atoms with E-state index in [1.54, 1.807) is 0 Å². The molecule has 2 fully saturated rings. The van der Waals surface area contributed by atoms with E-state index in [9.17, 15) is 9.90 Å². The van der Waals surface area contributed by atoms with Gasteiger partial charge >= 0.3 is 0 Å². The predicted molar refractivity (Wildman–Crippen MR) is 42.9 cm³/mol. The van der Waals surface area contributed by atoms with Crippen molar-refractivity contribution in [3.05, 3.63) is 0 Å². The van der Waals surface area contributed by atoms with Crippen LogP contribution in [0.15, 0.2) is 0 Å². The molecular weight excluding hydrogens is 174 g/mol. The molecule has 13 heavy (non-hydrogen) atoms. The Balaban J connectivity index is 2.04. The van der Waals surface area contributed by atoms with Gasteiger partial charge in [-0.25, -0.2) is 0 Å². The van der Waals surface area contributed by atoms with Crippen LogP contribution < -0.4 is 5.32 Å². The van der Waals surface area contributed by atoms with E-state index in [-0.39, 0.29) is 31.8 Å². The maximum absolute atomic E-state index is 11.3. The minimum absolute atomic E-state index is 0.0703. The summed E-state index contributed by atoms with van der Waals surface area (Å²) < 4.78 is 4.87. The lowest BCUT2D eigenvalue weighted by Gasteiger charge is -2.39. The molecule has 3 N–H and O–H groups in total. The molecule has 2 aliphatic heterocycles. The van der Waals surface area contributed by atoms with Gasteiger partial charge in [-0.05, 0) is 6.42 Å². The first-order valence-electron chi connectivity index (χ1n) is 4.37. The lowest BCUT2D eigenvalue weighted by Crippen LogP contribution is -2.57. The van der Waals surface area contributed by atoms with Gasteiger partial charge in [0.05, 0.1) is 31.8 Å². The summed E-state index contributed by atoms with van der Waals surface area (Å²) >= 11 is 0. The Morgan fingerprint density at radius 3 is 2.69 bits per heavy atom. The summed E-state index contributed by atoms with van der Waals surface area (Å²) in [5.41, 5.74) is -0.992. The molecular formula is C8H13NO4.